The number of aromatic nitrogens is 3. The van der Waals surface area contributed by atoms with Gasteiger partial charge >= 0.3 is 0 Å². The predicted octanol–water partition coefficient (Wildman–Crippen LogP) is -0.0801. The summed E-state index contributed by atoms with van der Waals surface area (Å²) in [6.45, 7) is 5.96. The topological polar surface area (TPSA) is 71.3 Å². The van der Waals surface area contributed by atoms with Crippen LogP contribution in [-0.2, 0) is 9.59 Å². The lowest BCUT2D eigenvalue weighted by Crippen LogP contribution is -2.39. The number of carbonyl (C=O) groups excluding carboxylic acids is 2. The highest BCUT2D eigenvalue weighted by Gasteiger charge is 2.25. The first-order valence-electron chi connectivity index (χ1n) is 6.48. The highest BCUT2D eigenvalue weighted by atomic mass is 16.2. The van der Waals surface area contributed by atoms with Crippen LogP contribution in [-0.4, -0.2) is 62.6 Å². The number of carbonyl (C=O) groups is 2. The fourth-order valence-electron chi connectivity index (χ4n) is 2.25. The summed E-state index contributed by atoms with van der Waals surface area (Å²) in [5, 5.41) is 3.99. The Morgan fingerprint density at radius 2 is 1.84 bits per heavy atom. The summed E-state index contributed by atoms with van der Waals surface area (Å²) >= 11 is 0. The molecule has 19 heavy (non-hydrogen) atoms. The Balaban J connectivity index is 1.98. The van der Waals surface area contributed by atoms with Crippen molar-refractivity contribution in [1.82, 2.24) is 24.6 Å². The molecule has 104 valence electrons. The van der Waals surface area contributed by atoms with E-state index in [2.05, 4.69) is 10.1 Å². The van der Waals surface area contributed by atoms with E-state index in [0.717, 1.165) is 13.0 Å². The molecule has 1 atom stereocenters. The Morgan fingerprint density at radius 3 is 2.47 bits per heavy atom. The maximum atomic E-state index is 12.4. The molecule has 1 aromatic rings. The van der Waals surface area contributed by atoms with Crippen molar-refractivity contribution in [3.63, 3.8) is 0 Å². The van der Waals surface area contributed by atoms with Gasteiger partial charge in [-0.1, -0.05) is 0 Å². The van der Waals surface area contributed by atoms with Crippen LogP contribution in [0.4, 0.5) is 0 Å². The van der Waals surface area contributed by atoms with E-state index in [0.29, 0.717) is 19.6 Å². The highest BCUT2D eigenvalue weighted by Crippen LogP contribution is 2.11. The lowest BCUT2D eigenvalue weighted by Gasteiger charge is -2.24. The number of hydrogen-bond donors (Lipinski definition) is 0. The van der Waals surface area contributed by atoms with Gasteiger partial charge in [-0.25, -0.2) is 9.67 Å². The molecule has 1 aliphatic heterocycles. The van der Waals surface area contributed by atoms with Gasteiger partial charge in [-0.3, -0.25) is 9.59 Å². The molecule has 0 saturated carbocycles. The fourth-order valence-corrected chi connectivity index (χ4v) is 2.25. The normalized spacial score (nSPS) is 18.0. The van der Waals surface area contributed by atoms with Crippen molar-refractivity contribution in [2.45, 2.75) is 26.3 Å². The first kappa shape index (κ1) is 13.5. The number of nitrogens with zero attached hydrogens (tertiary/aromatic N) is 5. The van der Waals surface area contributed by atoms with E-state index in [1.165, 1.54) is 6.33 Å². The van der Waals surface area contributed by atoms with Gasteiger partial charge in [-0.05, 0) is 13.3 Å². The van der Waals surface area contributed by atoms with Crippen LogP contribution in [0.3, 0.4) is 0 Å². The number of amides is 2. The van der Waals surface area contributed by atoms with Crippen molar-refractivity contribution in [3.05, 3.63) is 12.7 Å². The van der Waals surface area contributed by atoms with Gasteiger partial charge in [0.05, 0.1) is 0 Å². The zero-order chi connectivity index (χ0) is 13.8. The second kappa shape index (κ2) is 5.81. The zero-order valence-electron chi connectivity index (χ0n) is 11.3. The molecule has 7 heteroatoms. The number of hydrogen-bond acceptors (Lipinski definition) is 4. The minimum absolute atomic E-state index is 0.0240. The van der Waals surface area contributed by atoms with Gasteiger partial charge in [0, 0.05) is 33.1 Å². The summed E-state index contributed by atoms with van der Waals surface area (Å²) in [4.78, 5) is 31.1. The average molecular weight is 265 g/mol. The van der Waals surface area contributed by atoms with E-state index < -0.39 is 0 Å². The van der Waals surface area contributed by atoms with Crippen molar-refractivity contribution in [3.8, 4) is 0 Å². The Bertz CT molecular complexity index is 445. The van der Waals surface area contributed by atoms with Gasteiger partial charge in [0.1, 0.15) is 18.7 Å². The van der Waals surface area contributed by atoms with E-state index in [9.17, 15) is 9.59 Å². The lowest BCUT2D eigenvalue weighted by molar-refractivity contribution is -0.135. The molecule has 2 amide bonds. The number of rotatable bonds is 2. The molecule has 0 aliphatic carbocycles. The lowest BCUT2D eigenvalue weighted by atomic mass is 10.2. The van der Waals surface area contributed by atoms with Crippen LogP contribution in [0.15, 0.2) is 12.7 Å². The average Bonchev–Trinajstić information content (AvgIpc) is 2.80. The van der Waals surface area contributed by atoms with E-state index in [4.69, 9.17) is 0 Å². The third-order valence-corrected chi connectivity index (χ3v) is 3.44. The maximum absolute atomic E-state index is 12.4. The van der Waals surface area contributed by atoms with Crippen LogP contribution in [0, 0.1) is 0 Å². The third kappa shape index (κ3) is 3.10. The van der Waals surface area contributed by atoms with E-state index >= 15 is 0 Å². The standard InChI is InChI=1S/C12H19N5O2/c1-10(17-9-13-8-14-17)12(19)16-5-3-4-15(6-7-16)11(2)18/h8-10H,3-7H2,1-2H3/t10-/m0/s1. The van der Waals surface area contributed by atoms with Gasteiger partial charge < -0.3 is 9.80 Å². The molecule has 1 aromatic heterocycles. The fraction of sp³-hybridized carbons (Fsp3) is 0.667. The summed E-state index contributed by atoms with van der Waals surface area (Å²) in [6, 6.07) is -0.355. The Kier molecular flexibility index (Phi) is 4.13. The molecule has 1 fully saturated rings. The van der Waals surface area contributed by atoms with E-state index in [1.54, 1.807) is 27.7 Å². The van der Waals surface area contributed by atoms with Crippen LogP contribution >= 0.6 is 0 Å². The summed E-state index contributed by atoms with van der Waals surface area (Å²) in [5.74, 6) is 0.0922. The first-order chi connectivity index (χ1) is 9.09. The SMILES string of the molecule is CC(=O)N1CCCN(C(=O)[C@H](C)n2cncn2)CC1. The second-order valence-electron chi connectivity index (χ2n) is 4.74. The van der Waals surface area contributed by atoms with Crippen molar-refractivity contribution < 1.29 is 9.59 Å². The molecule has 2 rings (SSSR count). The molecule has 0 spiro atoms. The molecular weight excluding hydrogens is 246 g/mol. The molecule has 0 aromatic carbocycles. The Morgan fingerprint density at radius 1 is 1.16 bits per heavy atom. The third-order valence-electron chi connectivity index (χ3n) is 3.44. The largest absolute Gasteiger partial charge is 0.341 e. The second-order valence-corrected chi connectivity index (χ2v) is 4.74. The molecular formula is C12H19N5O2. The quantitative estimate of drug-likeness (QED) is 0.750. The summed E-state index contributed by atoms with van der Waals surface area (Å²) in [7, 11) is 0. The van der Waals surface area contributed by atoms with Gasteiger partial charge in [-0.2, -0.15) is 5.10 Å². The molecule has 7 nitrogen and oxygen atoms in total. The summed E-state index contributed by atoms with van der Waals surface area (Å²) < 4.78 is 1.55. The van der Waals surface area contributed by atoms with Crippen LogP contribution in [0.1, 0.15) is 26.3 Å². The van der Waals surface area contributed by atoms with Gasteiger partial charge in [0.25, 0.3) is 0 Å². The van der Waals surface area contributed by atoms with Crippen molar-refractivity contribution in [1.29, 1.82) is 0 Å². The maximum Gasteiger partial charge on any atom is 0.247 e. The first-order valence-corrected chi connectivity index (χ1v) is 6.48. The van der Waals surface area contributed by atoms with Crippen molar-refractivity contribution >= 4 is 11.8 Å². The van der Waals surface area contributed by atoms with Crippen LogP contribution in [0.25, 0.3) is 0 Å². The molecule has 0 bridgehead atoms. The predicted molar refractivity (Wildman–Crippen MR) is 68.2 cm³/mol. The summed E-state index contributed by atoms with van der Waals surface area (Å²) in [6.07, 6.45) is 3.78. The molecule has 1 saturated heterocycles. The smallest absolute Gasteiger partial charge is 0.247 e. The van der Waals surface area contributed by atoms with Crippen LogP contribution in [0.5, 0.6) is 0 Å². The van der Waals surface area contributed by atoms with E-state index in [-0.39, 0.29) is 17.9 Å². The minimum Gasteiger partial charge on any atom is -0.341 e. The summed E-state index contributed by atoms with van der Waals surface area (Å²) in [5.41, 5.74) is 0. The van der Waals surface area contributed by atoms with Crippen molar-refractivity contribution in [2.24, 2.45) is 0 Å². The van der Waals surface area contributed by atoms with E-state index in [1.807, 2.05) is 6.92 Å². The van der Waals surface area contributed by atoms with Gasteiger partial charge in [0.2, 0.25) is 11.8 Å². The minimum atomic E-state index is -0.355. The van der Waals surface area contributed by atoms with Crippen LogP contribution in [0.2, 0.25) is 0 Å². The highest BCUT2D eigenvalue weighted by molar-refractivity contribution is 5.80. The Hall–Kier alpha value is -1.92. The van der Waals surface area contributed by atoms with Crippen LogP contribution < -0.4 is 0 Å². The van der Waals surface area contributed by atoms with Gasteiger partial charge in [-0.15, -0.1) is 0 Å². The molecule has 1 aliphatic rings. The molecule has 2 heterocycles. The zero-order valence-corrected chi connectivity index (χ0v) is 11.3. The van der Waals surface area contributed by atoms with Crippen molar-refractivity contribution in [2.75, 3.05) is 26.2 Å². The molecule has 0 unspecified atom stereocenters. The molecule has 0 N–H and O–H groups in total. The molecule has 0 radical (unpaired) electrons. The van der Waals surface area contributed by atoms with Gasteiger partial charge in [0.15, 0.2) is 0 Å². The monoisotopic (exact) mass is 265 g/mol. The Labute approximate surface area is 112 Å².